The number of aryl methyl sites for hydroxylation is 1. The monoisotopic (exact) mass is 346 g/mol. The standard InChI is InChI=1S/C20H18N4O2/c1-13-19(17-10-11-24(23-17)14-6-4-3-5-7-14)20(22-21-13)16-9-8-15(26-2)12-18(16)25/h3-12,25H,1-2H3,(H,21,22). The molecule has 6 heteroatoms. The first kappa shape index (κ1) is 16.0. The van der Waals surface area contributed by atoms with Crippen LogP contribution in [0.5, 0.6) is 11.5 Å². The summed E-state index contributed by atoms with van der Waals surface area (Å²) in [6.07, 6.45) is 1.91. The number of rotatable bonds is 4. The summed E-state index contributed by atoms with van der Waals surface area (Å²) >= 11 is 0. The van der Waals surface area contributed by atoms with Gasteiger partial charge in [0.15, 0.2) is 0 Å². The Bertz CT molecular complexity index is 1050. The van der Waals surface area contributed by atoms with Gasteiger partial charge in [-0.25, -0.2) is 4.68 Å². The number of aromatic hydroxyl groups is 1. The van der Waals surface area contributed by atoms with E-state index in [0.29, 0.717) is 17.0 Å². The fourth-order valence-electron chi connectivity index (χ4n) is 2.96. The van der Waals surface area contributed by atoms with Crippen molar-refractivity contribution in [3.8, 4) is 39.7 Å². The van der Waals surface area contributed by atoms with Gasteiger partial charge in [0, 0.05) is 23.5 Å². The van der Waals surface area contributed by atoms with Crippen LogP contribution in [-0.2, 0) is 0 Å². The second kappa shape index (κ2) is 6.40. The maximum Gasteiger partial charge on any atom is 0.128 e. The van der Waals surface area contributed by atoms with Gasteiger partial charge < -0.3 is 9.84 Å². The number of aromatic amines is 1. The number of ether oxygens (including phenoxy) is 1. The Balaban J connectivity index is 1.80. The first-order valence-electron chi connectivity index (χ1n) is 8.21. The number of H-pyrrole nitrogens is 1. The molecular formula is C20H18N4O2. The van der Waals surface area contributed by atoms with E-state index in [1.54, 1.807) is 25.3 Å². The summed E-state index contributed by atoms with van der Waals surface area (Å²) < 4.78 is 6.97. The summed E-state index contributed by atoms with van der Waals surface area (Å²) in [5, 5.41) is 22.4. The van der Waals surface area contributed by atoms with Crippen LogP contribution in [0.2, 0.25) is 0 Å². The fraction of sp³-hybridized carbons (Fsp3) is 0.100. The Kier molecular flexibility index (Phi) is 3.93. The predicted molar refractivity (Wildman–Crippen MR) is 99.5 cm³/mol. The summed E-state index contributed by atoms with van der Waals surface area (Å²) in [6, 6.07) is 17.0. The number of hydrogen-bond acceptors (Lipinski definition) is 4. The van der Waals surface area contributed by atoms with Crippen LogP contribution in [0.25, 0.3) is 28.2 Å². The lowest BCUT2D eigenvalue weighted by atomic mass is 10.0. The van der Waals surface area contributed by atoms with Gasteiger partial charge in [0.25, 0.3) is 0 Å². The maximum atomic E-state index is 10.4. The highest BCUT2D eigenvalue weighted by Crippen LogP contribution is 2.38. The van der Waals surface area contributed by atoms with E-state index >= 15 is 0 Å². The summed E-state index contributed by atoms with van der Waals surface area (Å²) in [4.78, 5) is 0. The smallest absolute Gasteiger partial charge is 0.128 e. The molecule has 0 unspecified atom stereocenters. The summed E-state index contributed by atoms with van der Waals surface area (Å²) in [6.45, 7) is 1.94. The van der Waals surface area contributed by atoms with Crippen LogP contribution in [0, 0.1) is 6.92 Å². The molecule has 0 bridgehead atoms. The maximum absolute atomic E-state index is 10.4. The molecule has 0 aliphatic rings. The van der Waals surface area contributed by atoms with E-state index in [-0.39, 0.29) is 5.75 Å². The van der Waals surface area contributed by atoms with Gasteiger partial charge in [0.1, 0.15) is 17.2 Å². The molecule has 2 N–H and O–H groups in total. The van der Waals surface area contributed by atoms with E-state index in [0.717, 1.165) is 22.6 Å². The van der Waals surface area contributed by atoms with E-state index < -0.39 is 0 Å². The van der Waals surface area contributed by atoms with Crippen molar-refractivity contribution in [2.45, 2.75) is 6.92 Å². The molecule has 0 aliphatic carbocycles. The number of aromatic nitrogens is 4. The Labute approximate surface area is 150 Å². The third-order valence-corrected chi connectivity index (χ3v) is 4.27. The fourth-order valence-corrected chi connectivity index (χ4v) is 2.96. The van der Waals surface area contributed by atoms with E-state index in [4.69, 9.17) is 4.74 Å². The highest BCUT2D eigenvalue weighted by Gasteiger charge is 2.19. The van der Waals surface area contributed by atoms with Crippen molar-refractivity contribution in [2.24, 2.45) is 0 Å². The van der Waals surface area contributed by atoms with Crippen LogP contribution in [0.15, 0.2) is 60.8 Å². The van der Waals surface area contributed by atoms with Gasteiger partial charge in [-0.15, -0.1) is 0 Å². The van der Waals surface area contributed by atoms with Gasteiger partial charge in [0.05, 0.1) is 24.1 Å². The zero-order valence-electron chi connectivity index (χ0n) is 14.5. The summed E-state index contributed by atoms with van der Waals surface area (Å²) in [7, 11) is 1.56. The Morgan fingerprint density at radius 3 is 2.62 bits per heavy atom. The average molecular weight is 346 g/mol. The second-order valence-electron chi connectivity index (χ2n) is 5.94. The van der Waals surface area contributed by atoms with Crippen LogP contribution in [0.4, 0.5) is 0 Å². The molecule has 130 valence electrons. The molecule has 2 aromatic carbocycles. The van der Waals surface area contributed by atoms with Crippen LogP contribution in [-0.4, -0.2) is 32.2 Å². The first-order valence-corrected chi connectivity index (χ1v) is 8.21. The average Bonchev–Trinajstić information content (AvgIpc) is 3.29. The molecule has 0 aliphatic heterocycles. The second-order valence-corrected chi connectivity index (χ2v) is 5.94. The largest absolute Gasteiger partial charge is 0.507 e. The molecule has 0 amide bonds. The zero-order chi connectivity index (χ0) is 18.1. The molecule has 0 fully saturated rings. The van der Waals surface area contributed by atoms with Crippen molar-refractivity contribution in [3.63, 3.8) is 0 Å². The molecule has 2 heterocycles. The van der Waals surface area contributed by atoms with Gasteiger partial charge >= 0.3 is 0 Å². The molecule has 0 saturated heterocycles. The lowest BCUT2D eigenvalue weighted by molar-refractivity contribution is 0.408. The molecular weight excluding hydrogens is 328 g/mol. The minimum atomic E-state index is 0.111. The van der Waals surface area contributed by atoms with Crippen LogP contribution in [0.1, 0.15) is 5.69 Å². The number of methoxy groups -OCH3 is 1. The highest BCUT2D eigenvalue weighted by atomic mass is 16.5. The topological polar surface area (TPSA) is 76.0 Å². The van der Waals surface area contributed by atoms with Crippen LogP contribution in [0.3, 0.4) is 0 Å². The van der Waals surface area contributed by atoms with Gasteiger partial charge in [-0.05, 0) is 37.3 Å². The van der Waals surface area contributed by atoms with Crippen molar-refractivity contribution in [3.05, 3.63) is 66.5 Å². The molecule has 4 aromatic rings. The number of hydrogen-bond donors (Lipinski definition) is 2. The first-order chi connectivity index (χ1) is 12.7. The molecule has 26 heavy (non-hydrogen) atoms. The minimum absolute atomic E-state index is 0.111. The third-order valence-electron chi connectivity index (χ3n) is 4.27. The minimum Gasteiger partial charge on any atom is -0.507 e. The number of phenolic OH excluding ortho intramolecular Hbond substituents is 1. The number of phenols is 1. The van der Waals surface area contributed by atoms with E-state index in [1.807, 2.05) is 54.2 Å². The molecule has 0 saturated carbocycles. The predicted octanol–water partition coefficient (Wildman–Crippen LogP) is 3.95. The Morgan fingerprint density at radius 1 is 1.08 bits per heavy atom. The zero-order valence-corrected chi connectivity index (χ0v) is 14.5. The van der Waals surface area contributed by atoms with Crippen molar-refractivity contribution in [2.75, 3.05) is 7.11 Å². The number of benzene rings is 2. The molecule has 0 radical (unpaired) electrons. The Hall–Kier alpha value is -3.54. The molecule has 0 spiro atoms. The summed E-state index contributed by atoms with van der Waals surface area (Å²) in [5.74, 6) is 0.702. The lowest BCUT2D eigenvalue weighted by Gasteiger charge is -2.07. The van der Waals surface area contributed by atoms with Gasteiger partial charge in [-0.1, -0.05) is 18.2 Å². The molecule has 4 rings (SSSR count). The quantitative estimate of drug-likeness (QED) is 0.587. The van der Waals surface area contributed by atoms with Gasteiger partial charge in [0.2, 0.25) is 0 Å². The summed E-state index contributed by atoms with van der Waals surface area (Å²) in [5.41, 5.74) is 4.79. The van der Waals surface area contributed by atoms with Crippen molar-refractivity contribution >= 4 is 0 Å². The normalized spacial score (nSPS) is 10.8. The number of nitrogens with one attached hydrogen (secondary N) is 1. The lowest BCUT2D eigenvalue weighted by Crippen LogP contribution is -1.94. The van der Waals surface area contributed by atoms with Gasteiger partial charge in [-0.2, -0.15) is 10.2 Å². The van der Waals surface area contributed by atoms with Crippen molar-refractivity contribution in [1.29, 1.82) is 0 Å². The van der Waals surface area contributed by atoms with Gasteiger partial charge in [-0.3, -0.25) is 5.10 Å². The van der Waals surface area contributed by atoms with E-state index in [1.165, 1.54) is 0 Å². The molecule has 2 aromatic heterocycles. The SMILES string of the molecule is COc1ccc(-c2n[nH]c(C)c2-c2ccn(-c3ccccc3)n2)c(O)c1. The molecule has 0 atom stereocenters. The third kappa shape index (κ3) is 2.71. The van der Waals surface area contributed by atoms with Crippen molar-refractivity contribution < 1.29 is 9.84 Å². The molecule has 6 nitrogen and oxygen atoms in total. The van der Waals surface area contributed by atoms with Crippen LogP contribution < -0.4 is 4.74 Å². The number of nitrogens with zero attached hydrogens (tertiary/aromatic N) is 3. The highest BCUT2D eigenvalue weighted by molar-refractivity contribution is 5.83. The number of para-hydroxylation sites is 1. The van der Waals surface area contributed by atoms with Crippen molar-refractivity contribution in [1.82, 2.24) is 20.0 Å². The van der Waals surface area contributed by atoms with Crippen LogP contribution >= 0.6 is 0 Å². The Morgan fingerprint density at radius 2 is 1.88 bits per heavy atom. The van der Waals surface area contributed by atoms with E-state index in [2.05, 4.69) is 15.3 Å². The van der Waals surface area contributed by atoms with E-state index in [9.17, 15) is 5.11 Å².